The number of nitrogens with zero attached hydrogens (tertiary/aromatic N) is 3. The number of aromatic hydroxyl groups is 1. The van der Waals surface area contributed by atoms with Crippen molar-refractivity contribution in [2.45, 2.75) is 26.7 Å². The number of hydrogen-bond donors (Lipinski definition) is 4. The molecule has 0 unspecified atom stereocenters. The van der Waals surface area contributed by atoms with Crippen molar-refractivity contribution in [3.05, 3.63) is 77.7 Å². The first-order valence-electron chi connectivity index (χ1n) is 11.5. The summed E-state index contributed by atoms with van der Waals surface area (Å²) in [4.78, 5) is 12.7. The number of hydrogen-bond acceptors (Lipinski definition) is 7. The molecule has 0 atom stereocenters. The first-order valence-corrected chi connectivity index (χ1v) is 11.5. The third-order valence-electron chi connectivity index (χ3n) is 5.00. The van der Waals surface area contributed by atoms with Crippen molar-refractivity contribution in [1.82, 2.24) is 19.9 Å². The molecule has 0 saturated carbocycles. The second kappa shape index (κ2) is 16.7. The molecule has 194 valence electrons. The Kier molecular flexibility index (Phi) is 14.1. The lowest BCUT2D eigenvalue weighted by atomic mass is 10.1. The van der Waals surface area contributed by atoms with E-state index < -0.39 is 0 Å². The molecular formula is C27H36FN5O3. The molecule has 0 saturated heterocycles. The van der Waals surface area contributed by atoms with Gasteiger partial charge in [0, 0.05) is 30.8 Å². The standard InChI is InChI=1S/C18H23N5O.C7H7F.CH4O.CH2O/c1-13-12-21-23-17(20-10-6-5-9-19-2)11-15(22-18(13)23)14-7-3-4-8-16(14)24;1-6-2-4-7(8)5-3-6;2*1-2/h3-4,7-8,11-12,19-20,24H,5-6,9-10H2,1-2H3;2-5H,1H3;2H,1H3;1H2. The molecule has 2 heterocycles. The summed E-state index contributed by atoms with van der Waals surface area (Å²) in [5.74, 6) is 0.942. The van der Waals surface area contributed by atoms with Crippen molar-refractivity contribution in [2.75, 3.05) is 32.6 Å². The van der Waals surface area contributed by atoms with Crippen LogP contribution >= 0.6 is 0 Å². The summed E-state index contributed by atoms with van der Waals surface area (Å²) in [6, 6.07) is 15.6. The number of benzene rings is 2. The molecule has 0 aliphatic heterocycles. The van der Waals surface area contributed by atoms with Gasteiger partial charge in [0.25, 0.3) is 0 Å². The van der Waals surface area contributed by atoms with E-state index in [1.54, 1.807) is 18.2 Å². The van der Waals surface area contributed by atoms with Crippen molar-refractivity contribution < 1.29 is 19.4 Å². The van der Waals surface area contributed by atoms with Crippen molar-refractivity contribution in [1.29, 1.82) is 0 Å². The molecule has 0 aliphatic carbocycles. The molecule has 0 radical (unpaired) electrons. The molecule has 2 aromatic heterocycles. The van der Waals surface area contributed by atoms with E-state index in [0.717, 1.165) is 66.9 Å². The molecule has 0 fully saturated rings. The topological polar surface area (TPSA) is 112 Å². The fourth-order valence-electron chi connectivity index (χ4n) is 3.20. The molecule has 4 N–H and O–H groups in total. The van der Waals surface area contributed by atoms with Gasteiger partial charge in [-0.1, -0.05) is 29.8 Å². The highest BCUT2D eigenvalue weighted by Crippen LogP contribution is 2.30. The molecule has 0 amide bonds. The van der Waals surface area contributed by atoms with Gasteiger partial charge in [0.05, 0.1) is 11.9 Å². The van der Waals surface area contributed by atoms with E-state index in [1.165, 1.54) is 12.1 Å². The summed E-state index contributed by atoms with van der Waals surface area (Å²) in [6.07, 6.45) is 3.99. The third kappa shape index (κ3) is 9.09. The van der Waals surface area contributed by atoms with Crippen molar-refractivity contribution in [3.63, 3.8) is 0 Å². The van der Waals surface area contributed by atoms with Crippen LogP contribution in [-0.2, 0) is 4.79 Å². The number of rotatable bonds is 7. The molecule has 0 bridgehead atoms. The fraction of sp³-hybridized carbons (Fsp3) is 0.296. The Morgan fingerprint density at radius 2 is 1.64 bits per heavy atom. The van der Waals surface area contributed by atoms with E-state index in [-0.39, 0.29) is 11.6 Å². The van der Waals surface area contributed by atoms with Gasteiger partial charge in [0.15, 0.2) is 5.65 Å². The Labute approximate surface area is 211 Å². The second-order valence-electron chi connectivity index (χ2n) is 7.64. The maximum absolute atomic E-state index is 12.1. The Morgan fingerprint density at radius 3 is 2.25 bits per heavy atom. The molecule has 9 heteroatoms. The van der Waals surface area contributed by atoms with Gasteiger partial charge >= 0.3 is 0 Å². The predicted molar refractivity (Wildman–Crippen MR) is 143 cm³/mol. The third-order valence-corrected chi connectivity index (χ3v) is 5.00. The van der Waals surface area contributed by atoms with Gasteiger partial charge in [0.2, 0.25) is 0 Å². The van der Waals surface area contributed by atoms with Crippen molar-refractivity contribution >= 4 is 18.3 Å². The predicted octanol–water partition coefficient (Wildman–Crippen LogP) is 4.38. The van der Waals surface area contributed by atoms with Gasteiger partial charge < -0.3 is 25.6 Å². The number of unbranched alkanes of at least 4 members (excludes halogenated alkanes) is 1. The number of aromatic nitrogens is 3. The largest absolute Gasteiger partial charge is 0.507 e. The highest BCUT2D eigenvalue weighted by Gasteiger charge is 2.12. The number of aliphatic hydroxyl groups excluding tert-OH is 1. The minimum atomic E-state index is -0.171. The first-order chi connectivity index (χ1) is 17.5. The number of carbonyl (C=O) groups is 1. The Hall–Kier alpha value is -3.82. The van der Waals surface area contributed by atoms with Gasteiger partial charge in [-0.15, -0.1) is 0 Å². The maximum Gasteiger partial charge on any atom is 0.160 e. The van der Waals surface area contributed by atoms with E-state index in [9.17, 15) is 9.50 Å². The van der Waals surface area contributed by atoms with Crippen LogP contribution in [0.2, 0.25) is 0 Å². The fourth-order valence-corrected chi connectivity index (χ4v) is 3.20. The molecule has 2 aromatic carbocycles. The normalized spacial score (nSPS) is 9.72. The zero-order valence-corrected chi connectivity index (χ0v) is 21.3. The van der Waals surface area contributed by atoms with Crippen molar-refractivity contribution in [3.8, 4) is 17.0 Å². The molecule has 0 aliphatic rings. The monoisotopic (exact) mass is 497 g/mol. The minimum Gasteiger partial charge on any atom is -0.507 e. The van der Waals surface area contributed by atoms with E-state index in [0.29, 0.717) is 0 Å². The smallest absolute Gasteiger partial charge is 0.160 e. The Balaban J connectivity index is 0.000000452. The number of anilines is 1. The van der Waals surface area contributed by atoms with Gasteiger partial charge in [-0.2, -0.15) is 9.61 Å². The zero-order chi connectivity index (χ0) is 26.9. The van der Waals surface area contributed by atoms with Crippen LogP contribution in [0.4, 0.5) is 10.2 Å². The van der Waals surface area contributed by atoms with Crippen LogP contribution in [0.15, 0.2) is 60.8 Å². The number of halogens is 1. The minimum absolute atomic E-state index is 0.171. The van der Waals surface area contributed by atoms with Gasteiger partial charge in [-0.05, 0) is 64.5 Å². The molecule has 4 rings (SSSR count). The molecule has 8 nitrogen and oxygen atoms in total. The van der Waals surface area contributed by atoms with Crippen LogP contribution in [0.3, 0.4) is 0 Å². The number of phenolic OH excluding ortho intramolecular Hbond substituents is 1. The van der Waals surface area contributed by atoms with E-state index in [1.807, 2.05) is 62.7 Å². The number of fused-ring (bicyclic) bond motifs is 1. The highest BCUT2D eigenvalue weighted by molar-refractivity contribution is 5.72. The number of aryl methyl sites for hydroxylation is 2. The van der Waals surface area contributed by atoms with Crippen LogP contribution in [0.5, 0.6) is 5.75 Å². The molecular weight excluding hydrogens is 461 g/mol. The first kappa shape index (κ1) is 30.2. The number of aliphatic hydroxyl groups is 1. The van der Waals surface area contributed by atoms with Crippen LogP contribution in [-0.4, -0.2) is 58.8 Å². The summed E-state index contributed by atoms with van der Waals surface area (Å²) in [7, 11) is 2.96. The average Bonchev–Trinajstić information content (AvgIpc) is 3.29. The van der Waals surface area contributed by atoms with Crippen molar-refractivity contribution in [2.24, 2.45) is 0 Å². The zero-order valence-electron chi connectivity index (χ0n) is 21.3. The number of para-hydroxylation sites is 1. The summed E-state index contributed by atoms with van der Waals surface area (Å²) >= 11 is 0. The van der Waals surface area contributed by atoms with E-state index >= 15 is 0 Å². The van der Waals surface area contributed by atoms with Gasteiger partial charge in [-0.25, -0.2) is 9.37 Å². The number of phenols is 1. The Bertz CT molecular complexity index is 1150. The average molecular weight is 498 g/mol. The molecule has 4 aromatic rings. The summed E-state index contributed by atoms with van der Waals surface area (Å²) in [5.41, 5.74) is 4.35. The summed E-state index contributed by atoms with van der Waals surface area (Å²) in [5, 5.41) is 28.1. The van der Waals surface area contributed by atoms with Crippen LogP contribution in [0, 0.1) is 19.7 Å². The summed E-state index contributed by atoms with van der Waals surface area (Å²) < 4.78 is 13.9. The lowest BCUT2D eigenvalue weighted by Crippen LogP contribution is -2.12. The Morgan fingerprint density at radius 1 is 1.00 bits per heavy atom. The number of carbonyl (C=O) groups excluding carboxylic acids is 1. The van der Waals surface area contributed by atoms with Crippen LogP contribution in [0.1, 0.15) is 24.0 Å². The van der Waals surface area contributed by atoms with E-state index in [2.05, 4.69) is 20.7 Å². The second-order valence-corrected chi connectivity index (χ2v) is 7.64. The lowest BCUT2D eigenvalue weighted by molar-refractivity contribution is -0.0980. The maximum atomic E-state index is 12.1. The van der Waals surface area contributed by atoms with Crippen LogP contribution in [0.25, 0.3) is 16.9 Å². The van der Waals surface area contributed by atoms with E-state index in [4.69, 9.17) is 9.90 Å². The lowest BCUT2D eigenvalue weighted by Gasteiger charge is -2.11. The molecule has 0 spiro atoms. The van der Waals surface area contributed by atoms with Crippen LogP contribution < -0.4 is 10.6 Å². The summed E-state index contributed by atoms with van der Waals surface area (Å²) in [6.45, 7) is 7.79. The highest BCUT2D eigenvalue weighted by atomic mass is 19.1. The molecule has 36 heavy (non-hydrogen) atoms. The van der Waals surface area contributed by atoms with Gasteiger partial charge in [0.1, 0.15) is 24.2 Å². The van der Waals surface area contributed by atoms with Gasteiger partial charge in [-0.3, -0.25) is 0 Å². The number of nitrogens with one attached hydrogen (secondary N) is 2. The SMILES string of the molecule is C=O.CNCCCCNc1cc(-c2ccccc2O)nc2c(C)cnn12.CO.Cc1ccc(F)cc1. The quantitative estimate of drug-likeness (QED) is 0.280.